The van der Waals surface area contributed by atoms with Crippen LogP contribution in [0.3, 0.4) is 0 Å². The molecule has 6 nitrogen and oxygen atoms in total. The molecule has 0 radical (unpaired) electrons. The molecule has 9 heteroatoms. The van der Waals surface area contributed by atoms with E-state index in [4.69, 9.17) is 11.6 Å². The smallest absolute Gasteiger partial charge is 0.261 e. The highest BCUT2D eigenvalue weighted by molar-refractivity contribution is 7.92. The predicted molar refractivity (Wildman–Crippen MR) is 124 cm³/mol. The van der Waals surface area contributed by atoms with Crippen molar-refractivity contribution < 1.29 is 13.2 Å². The number of sulfonamides is 1. The quantitative estimate of drug-likeness (QED) is 0.389. The van der Waals surface area contributed by atoms with Gasteiger partial charge in [0.15, 0.2) is 5.13 Å². The first-order valence-electron chi connectivity index (χ1n) is 9.11. The second-order valence-corrected chi connectivity index (χ2v) is 9.48. The SMILES string of the molecule is O=C(Nc1nc(-c2ccccc2)cs1)c1cccc(NS(=O)(=O)c2ccc(Cl)cc2)c1. The first kappa shape index (κ1) is 21.0. The third-order valence-corrected chi connectivity index (χ3v) is 6.70. The number of carbonyl (C=O) groups excluding carboxylic acids is 1. The summed E-state index contributed by atoms with van der Waals surface area (Å²) in [6.45, 7) is 0. The van der Waals surface area contributed by atoms with Gasteiger partial charge in [0.1, 0.15) is 0 Å². The van der Waals surface area contributed by atoms with E-state index in [9.17, 15) is 13.2 Å². The van der Waals surface area contributed by atoms with Crippen molar-refractivity contribution in [1.82, 2.24) is 4.98 Å². The largest absolute Gasteiger partial charge is 0.298 e. The summed E-state index contributed by atoms with van der Waals surface area (Å²) in [5.74, 6) is -0.387. The number of nitrogens with one attached hydrogen (secondary N) is 2. The number of thiazole rings is 1. The minimum absolute atomic E-state index is 0.0722. The van der Waals surface area contributed by atoms with Crippen LogP contribution >= 0.6 is 22.9 Å². The van der Waals surface area contributed by atoms with E-state index in [0.29, 0.717) is 15.7 Å². The van der Waals surface area contributed by atoms with E-state index < -0.39 is 10.0 Å². The number of amides is 1. The van der Waals surface area contributed by atoms with E-state index in [1.807, 2.05) is 35.7 Å². The zero-order valence-corrected chi connectivity index (χ0v) is 18.3. The molecule has 0 atom stereocenters. The Bertz CT molecular complexity index is 1320. The molecule has 0 aliphatic rings. The van der Waals surface area contributed by atoms with Crippen molar-refractivity contribution in [3.63, 3.8) is 0 Å². The maximum absolute atomic E-state index is 12.6. The highest BCUT2D eigenvalue weighted by Gasteiger charge is 2.16. The Balaban J connectivity index is 1.48. The lowest BCUT2D eigenvalue weighted by Crippen LogP contribution is -2.15. The third-order valence-electron chi connectivity index (χ3n) is 4.30. The van der Waals surface area contributed by atoms with Gasteiger partial charge in [0.2, 0.25) is 0 Å². The van der Waals surface area contributed by atoms with Crippen molar-refractivity contribution >= 4 is 49.7 Å². The van der Waals surface area contributed by atoms with Gasteiger partial charge in [-0.3, -0.25) is 14.8 Å². The molecule has 0 spiro atoms. The number of benzene rings is 3. The molecule has 4 aromatic rings. The molecule has 2 N–H and O–H groups in total. The van der Waals surface area contributed by atoms with Gasteiger partial charge in [-0.2, -0.15) is 0 Å². The van der Waals surface area contributed by atoms with Crippen LogP contribution in [0.2, 0.25) is 5.02 Å². The first-order valence-corrected chi connectivity index (χ1v) is 11.9. The number of rotatable bonds is 6. The Morgan fingerprint density at radius 2 is 1.68 bits per heavy atom. The van der Waals surface area contributed by atoms with Gasteiger partial charge < -0.3 is 0 Å². The summed E-state index contributed by atoms with van der Waals surface area (Å²) in [5.41, 5.74) is 2.29. The van der Waals surface area contributed by atoms with E-state index in [2.05, 4.69) is 15.0 Å². The summed E-state index contributed by atoms with van der Waals surface area (Å²) in [4.78, 5) is 17.2. The Morgan fingerprint density at radius 1 is 0.935 bits per heavy atom. The summed E-state index contributed by atoms with van der Waals surface area (Å²) >= 11 is 7.13. The second-order valence-electron chi connectivity index (χ2n) is 6.50. The average Bonchev–Trinajstić information content (AvgIpc) is 3.23. The highest BCUT2D eigenvalue weighted by atomic mass is 35.5. The van der Waals surface area contributed by atoms with Gasteiger partial charge >= 0.3 is 0 Å². The maximum Gasteiger partial charge on any atom is 0.261 e. The van der Waals surface area contributed by atoms with Gasteiger partial charge in [-0.25, -0.2) is 13.4 Å². The van der Waals surface area contributed by atoms with Crippen molar-refractivity contribution in [2.24, 2.45) is 0 Å². The molecule has 0 fully saturated rings. The fourth-order valence-electron chi connectivity index (χ4n) is 2.79. The van der Waals surface area contributed by atoms with Gasteiger partial charge in [0, 0.05) is 27.2 Å². The third kappa shape index (κ3) is 5.11. The summed E-state index contributed by atoms with van der Waals surface area (Å²) in [7, 11) is -3.81. The molecule has 1 heterocycles. The van der Waals surface area contributed by atoms with Crippen LogP contribution in [0.25, 0.3) is 11.3 Å². The maximum atomic E-state index is 12.6. The molecular formula is C22H16ClN3O3S2. The Kier molecular flexibility index (Phi) is 6.03. The molecule has 0 saturated heterocycles. The molecular weight excluding hydrogens is 454 g/mol. The van der Waals surface area contributed by atoms with Gasteiger partial charge in [0.05, 0.1) is 10.6 Å². The summed E-state index contributed by atoms with van der Waals surface area (Å²) < 4.78 is 27.6. The van der Waals surface area contributed by atoms with E-state index in [1.54, 1.807) is 18.2 Å². The molecule has 0 aliphatic heterocycles. The zero-order chi connectivity index (χ0) is 21.8. The zero-order valence-electron chi connectivity index (χ0n) is 15.9. The van der Waals surface area contributed by atoms with Crippen LogP contribution in [-0.2, 0) is 10.0 Å². The molecule has 31 heavy (non-hydrogen) atoms. The molecule has 0 aliphatic carbocycles. The van der Waals surface area contributed by atoms with Crippen LogP contribution < -0.4 is 10.0 Å². The minimum Gasteiger partial charge on any atom is -0.298 e. The number of aromatic nitrogens is 1. The average molecular weight is 470 g/mol. The Hall–Kier alpha value is -3.20. The van der Waals surface area contributed by atoms with E-state index in [0.717, 1.165) is 11.3 Å². The number of hydrogen-bond donors (Lipinski definition) is 2. The lowest BCUT2D eigenvalue weighted by molar-refractivity contribution is 0.102. The van der Waals surface area contributed by atoms with Gasteiger partial charge in [-0.05, 0) is 42.5 Å². The van der Waals surface area contributed by atoms with Crippen LogP contribution in [0.1, 0.15) is 10.4 Å². The topological polar surface area (TPSA) is 88.2 Å². The summed E-state index contributed by atoms with van der Waals surface area (Å²) in [5, 5.41) is 5.51. The minimum atomic E-state index is -3.81. The van der Waals surface area contributed by atoms with Crippen LogP contribution in [0.5, 0.6) is 0 Å². The lowest BCUT2D eigenvalue weighted by Gasteiger charge is -2.09. The molecule has 0 saturated carbocycles. The number of anilines is 2. The Labute approximate surface area is 188 Å². The van der Waals surface area contributed by atoms with Gasteiger partial charge in [0.25, 0.3) is 15.9 Å². The molecule has 0 bridgehead atoms. The summed E-state index contributed by atoms with van der Waals surface area (Å²) in [6.07, 6.45) is 0. The number of halogens is 1. The Morgan fingerprint density at radius 3 is 2.42 bits per heavy atom. The lowest BCUT2D eigenvalue weighted by atomic mass is 10.2. The molecule has 1 amide bonds. The van der Waals surface area contributed by atoms with Crippen LogP contribution in [0, 0.1) is 0 Å². The van der Waals surface area contributed by atoms with Crippen molar-refractivity contribution in [2.75, 3.05) is 10.0 Å². The van der Waals surface area contributed by atoms with Crippen molar-refractivity contribution in [1.29, 1.82) is 0 Å². The normalized spacial score (nSPS) is 11.1. The fourth-order valence-corrected chi connectivity index (χ4v) is 4.68. The van der Waals surface area contributed by atoms with Gasteiger partial charge in [-0.1, -0.05) is 48.0 Å². The molecule has 3 aromatic carbocycles. The van der Waals surface area contributed by atoms with Crippen LogP contribution in [0.4, 0.5) is 10.8 Å². The van der Waals surface area contributed by atoms with Crippen molar-refractivity contribution in [3.8, 4) is 11.3 Å². The standard InChI is InChI=1S/C22H16ClN3O3S2/c23-17-9-11-19(12-10-17)31(28,29)26-18-8-4-7-16(13-18)21(27)25-22-24-20(14-30-22)15-5-2-1-3-6-15/h1-14,26H,(H,24,25,27). The van der Waals surface area contributed by atoms with Crippen LogP contribution in [-0.4, -0.2) is 19.3 Å². The molecule has 156 valence electrons. The van der Waals surface area contributed by atoms with Gasteiger partial charge in [-0.15, -0.1) is 11.3 Å². The molecule has 1 aromatic heterocycles. The molecule has 0 unspecified atom stereocenters. The fraction of sp³-hybridized carbons (Fsp3) is 0. The first-order chi connectivity index (χ1) is 14.9. The second kappa shape index (κ2) is 8.89. The predicted octanol–water partition coefficient (Wildman–Crippen LogP) is 5.52. The van der Waals surface area contributed by atoms with E-state index in [1.165, 1.54) is 41.7 Å². The molecule has 4 rings (SSSR count). The van der Waals surface area contributed by atoms with E-state index in [-0.39, 0.29) is 16.5 Å². The number of hydrogen-bond acceptors (Lipinski definition) is 5. The number of carbonyl (C=O) groups is 1. The van der Waals surface area contributed by atoms with E-state index >= 15 is 0 Å². The monoisotopic (exact) mass is 469 g/mol. The number of nitrogens with zero attached hydrogens (tertiary/aromatic N) is 1. The summed E-state index contributed by atoms with van der Waals surface area (Å²) in [6, 6.07) is 21.7. The van der Waals surface area contributed by atoms with Crippen molar-refractivity contribution in [3.05, 3.63) is 94.8 Å². The van der Waals surface area contributed by atoms with Crippen LogP contribution in [0.15, 0.2) is 89.1 Å². The van der Waals surface area contributed by atoms with Crippen molar-refractivity contribution in [2.45, 2.75) is 4.90 Å². The highest BCUT2D eigenvalue weighted by Crippen LogP contribution is 2.25.